The highest BCUT2D eigenvalue weighted by Crippen LogP contribution is 2.30. The van der Waals surface area contributed by atoms with E-state index in [1.54, 1.807) is 18.0 Å². The minimum absolute atomic E-state index is 0.463. The zero-order valence-electron chi connectivity index (χ0n) is 12.1. The van der Waals surface area contributed by atoms with E-state index < -0.39 is 0 Å². The van der Waals surface area contributed by atoms with Crippen LogP contribution in [0.15, 0.2) is 47.5 Å². The van der Waals surface area contributed by atoms with Crippen LogP contribution in [0.25, 0.3) is 0 Å². The summed E-state index contributed by atoms with van der Waals surface area (Å²) in [6.45, 7) is 5.08. The zero-order chi connectivity index (χ0) is 14.4. The molecule has 0 saturated carbocycles. The first-order valence-electron chi connectivity index (χ1n) is 6.68. The molecule has 0 bridgehead atoms. The van der Waals surface area contributed by atoms with Gasteiger partial charge < -0.3 is 10.1 Å². The Bertz CT molecular complexity index is 558. The van der Waals surface area contributed by atoms with E-state index in [0.717, 1.165) is 17.2 Å². The van der Waals surface area contributed by atoms with Gasteiger partial charge in [-0.05, 0) is 30.0 Å². The van der Waals surface area contributed by atoms with Crippen molar-refractivity contribution in [3.63, 3.8) is 0 Å². The van der Waals surface area contributed by atoms with Crippen LogP contribution in [0.2, 0.25) is 0 Å². The van der Waals surface area contributed by atoms with Crippen molar-refractivity contribution in [2.75, 3.05) is 6.26 Å². The van der Waals surface area contributed by atoms with Crippen LogP contribution in [-0.2, 0) is 6.54 Å². The van der Waals surface area contributed by atoms with E-state index in [9.17, 15) is 0 Å². The van der Waals surface area contributed by atoms with E-state index >= 15 is 0 Å². The van der Waals surface area contributed by atoms with Gasteiger partial charge in [0.2, 0.25) is 5.88 Å². The lowest BCUT2D eigenvalue weighted by Crippen LogP contribution is -2.21. The lowest BCUT2D eigenvalue weighted by atomic mass is 10.2. The Morgan fingerprint density at radius 1 is 1.25 bits per heavy atom. The highest BCUT2D eigenvalue weighted by molar-refractivity contribution is 7.98. The quantitative estimate of drug-likeness (QED) is 0.812. The highest BCUT2D eigenvalue weighted by Gasteiger charge is 2.05. The van der Waals surface area contributed by atoms with Gasteiger partial charge in [-0.2, -0.15) is 0 Å². The third-order valence-electron chi connectivity index (χ3n) is 2.80. The molecule has 1 N–H and O–H groups in total. The number of benzene rings is 1. The number of nitrogens with one attached hydrogen (secondary N) is 1. The Labute approximate surface area is 124 Å². The summed E-state index contributed by atoms with van der Waals surface area (Å²) in [7, 11) is 0. The number of hydrogen-bond acceptors (Lipinski definition) is 4. The van der Waals surface area contributed by atoms with Crippen LogP contribution in [0.4, 0.5) is 0 Å². The van der Waals surface area contributed by atoms with Crippen LogP contribution >= 0.6 is 11.8 Å². The molecule has 1 heterocycles. The Kier molecular flexibility index (Phi) is 5.44. The average molecular weight is 288 g/mol. The van der Waals surface area contributed by atoms with E-state index in [2.05, 4.69) is 24.1 Å². The number of hydrogen-bond donors (Lipinski definition) is 1. The van der Waals surface area contributed by atoms with Crippen LogP contribution < -0.4 is 10.1 Å². The molecule has 0 amide bonds. The predicted octanol–water partition coefficient (Wildman–Crippen LogP) is 4.09. The molecule has 106 valence electrons. The predicted molar refractivity (Wildman–Crippen MR) is 84.5 cm³/mol. The topological polar surface area (TPSA) is 34.1 Å². The summed E-state index contributed by atoms with van der Waals surface area (Å²) in [5.41, 5.74) is 1.17. The van der Waals surface area contributed by atoms with Gasteiger partial charge in [0.25, 0.3) is 0 Å². The van der Waals surface area contributed by atoms with Gasteiger partial charge in [0.15, 0.2) is 0 Å². The zero-order valence-corrected chi connectivity index (χ0v) is 12.9. The van der Waals surface area contributed by atoms with Gasteiger partial charge in [0.05, 0.1) is 0 Å². The molecule has 0 saturated heterocycles. The number of nitrogens with zero attached hydrogens (tertiary/aromatic N) is 1. The van der Waals surface area contributed by atoms with Gasteiger partial charge >= 0.3 is 0 Å². The summed E-state index contributed by atoms with van der Waals surface area (Å²) in [5.74, 6) is 1.48. The summed E-state index contributed by atoms with van der Waals surface area (Å²) in [4.78, 5) is 5.39. The van der Waals surface area contributed by atoms with Gasteiger partial charge in [-0.3, -0.25) is 0 Å². The highest BCUT2D eigenvalue weighted by atomic mass is 32.2. The van der Waals surface area contributed by atoms with E-state index in [1.807, 2.05) is 42.7 Å². The molecule has 3 nitrogen and oxygen atoms in total. The number of rotatable bonds is 6. The van der Waals surface area contributed by atoms with Crippen LogP contribution in [0, 0.1) is 0 Å². The minimum Gasteiger partial charge on any atom is -0.438 e. The Morgan fingerprint density at radius 2 is 2.05 bits per heavy atom. The maximum absolute atomic E-state index is 5.89. The molecule has 0 aliphatic heterocycles. The van der Waals surface area contributed by atoms with Crippen molar-refractivity contribution in [1.29, 1.82) is 0 Å². The smallest absolute Gasteiger partial charge is 0.219 e. The van der Waals surface area contributed by atoms with Gasteiger partial charge in [-0.1, -0.05) is 26.0 Å². The summed E-state index contributed by atoms with van der Waals surface area (Å²) >= 11 is 1.67. The number of aromatic nitrogens is 1. The molecule has 2 rings (SSSR count). The minimum atomic E-state index is 0.463. The molecule has 1 aromatic heterocycles. The van der Waals surface area contributed by atoms with E-state index in [4.69, 9.17) is 4.74 Å². The van der Waals surface area contributed by atoms with Crippen LogP contribution in [0.3, 0.4) is 0 Å². The fourth-order valence-electron chi connectivity index (χ4n) is 1.75. The van der Waals surface area contributed by atoms with Gasteiger partial charge in [-0.15, -0.1) is 11.8 Å². The molecular weight excluding hydrogens is 268 g/mol. The lowest BCUT2D eigenvalue weighted by molar-refractivity contribution is 0.450. The maximum atomic E-state index is 5.89. The van der Waals surface area contributed by atoms with Crippen molar-refractivity contribution in [2.45, 2.75) is 31.3 Å². The van der Waals surface area contributed by atoms with Gasteiger partial charge in [0.1, 0.15) is 5.75 Å². The summed E-state index contributed by atoms with van der Waals surface area (Å²) in [6, 6.07) is 12.4. The van der Waals surface area contributed by atoms with Crippen molar-refractivity contribution in [3.05, 3.63) is 48.2 Å². The molecule has 0 fully saturated rings. The van der Waals surface area contributed by atoms with E-state index in [1.165, 1.54) is 5.56 Å². The van der Waals surface area contributed by atoms with E-state index in [-0.39, 0.29) is 0 Å². The second kappa shape index (κ2) is 7.31. The monoisotopic (exact) mass is 288 g/mol. The number of ether oxygens (including phenoxy) is 1. The standard InChI is InChI=1S/C16H20N2OS/c1-12(2)18-11-13-8-9-17-16(10-13)19-14-6-4-5-7-15(14)20-3/h4-10,12,18H,11H2,1-3H3. The lowest BCUT2D eigenvalue weighted by Gasteiger charge is -2.11. The Morgan fingerprint density at radius 3 is 2.80 bits per heavy atom. The summed E-state index contributed by atoms with van der Waals surface area (Å²) < 4.78 is 5.89. The largest absolute Gasteiger partial charge is 0.438 e. The third-order valence-corrected chi connectivity index (χ3v) is 3.57. The third kappa shape index (κ3) is 4.25. The van der Waals surface area contributed by atoms with Crippen LogP contribution in [0.1, 0.15) is 19.4 Å². The molecule has 0 aliphatic rings. The first-order valence-corrected chi connectivity index (χ1v) is 7.90. The molecule has 0 atom stereocenters. The number of para-hydroxylation sites is 1. The van der Waals surface area contributed by atoms with Crippen LogP contribution in [-0.4, -0.2) is 17.3 Å². The number of thioether (sulfide) groups is 1. The van der Waals surface area contributed by atoms with E-state index in [0.29, 0.717) is 11.9 Å². The molecule has 1 aromatic carbocycles. The molecule has 4 heteroatoms. The molecular formula is C16H20N2OS. The average Bonchev–Trinajstić information content (AvgIpc) is 2.46. The van der Waals surface area contributed by atoms with Crippen molar-refractivity contribution in [2.24, 2.45) is 0 Å². The summed E-state index contributed by atoms with van der Waals surface area (Å²) in [5, 5.41) is 3.39. The Hall–Kier alpha value is -1.52. The SMILES string of the molecule is CSc1ccccc1Oc1cc(CNC(C)C)ccn1. The second-order valence-electron chi connectivity index (χ2n) is 4.79. The number of pyridine rings is 1. The maximum Gasteiger partial charge on any atom is 0.219 e. The summed E-state index contributed by atoms with van der Waals surface area (Å²) in [6.07, 6.45) is 3.83. The molecule has 0 spiro atoms. The van der Waals surface area contributed by atoms with Crippen molar-refractivity contribution in [3.8, 4) is 11.6 Å². The Balaban J connectivity index is 2.11. The molecule has 0 radical (unpaired) electrons. The normalized spacial score (nSPS) is 10.8. The molecule has 20 heavy (non-hydrogen) atoms. The fraction of sp³-hybridized carbons (Fsp3) is 0.312. The second-order valence-corrected chi connectivity index (χ2v) is 5.64. The molecule has 2 aromatic rings. The van der Waals surface area contributed by atoms with Crippen molar-refractivity contribution < 1.29 is 4.74 Å². The van der Waals surface area contributed by atoms with Gasteiger partial charge in [0, 0.05) is 29.7 Å². The fourth-order valence-corrected chi connectivity index (χ4v) is 2.28. The first-order chi connectivity index (χ1) is 9.69. The first kappa shape index (κ1) is 14.9. The van der Waals surface area contributed by atoms with Crippen LogP contribution in [0.5, 0.6) is 11.6 Å². The molecule has 0 aliphatic carbocycles. The van der Waals surface area contributed by atoms with Crippen molar-refractivity contribution in [1.82, 2.24) is 10.3 Å². The molecule has 0 unspecified atom stereocenters. The van der Waals surface area contributed by atoms with Crippen molar-refractivity contribution >= 4 is 11.8 Å². The van der Waals surface area contributed by atoms with Gasteiger partial charge in [-0.25, -0.2) is 4.98 Å².